The zero-order chi connectivity index (χ0) is 28.0. The number of benzene rings is 3. The van der Waals surface area contributed by atoms with E-state index in [9.17, 15) is 18.0 Å². The van der Waals surface area contributed by atoms with E-state index in [1.165, 1.54) is 6.07 Å². The van der Waals surface area contributed by atoms with Crippen LogP contribution in [0.3, 0.4) is 0 Å². The fraction of sp³-hybridized carbons (Fsp3) is 0.414. The van der Waals surface area contributed by atoms with Crippen molar-refractivity contribution < 1.29 is 22.2 Å². The molecule has 39 heavy (non-hydrogen) atoms. The topological polar surface area (TPSA) is 121 Å². The molecule has 0 radical (unpaired) electrons. The summed E-state index contributed by atoms with van der Waals surface area (Å²) in [6.07, 6.45) is 2.95. The summed E-state index contributed by atoms with van der Waals surface area (Å²) in [5.74, 6) is 0.0774. The van der Waals surface area contributed by atoms with Crippen molar-refractivity contribution >= 4 is 43.6 Å². The van der Waals surface area contributed by atoms with E-state index >= 15 is 0 Å². The largest absolute Gasteiger partial charge is 0.453 e. The SMILES string of the molecule is CCCCN(CCCS(=O)(=O)O)C(=O)CCCN(CC)c1ccc2nc3c4ccccc4c(=O)cc-3oc2c1. The van der Waals surface area contributed by atoms with E-state index in [-0.39, 0.29) is 23.5 Å². The van der Waals surface area contributed by atoms with Gasteiger partial charge in [-0.1, -0.05) is 37.6 Å². The van der Waals surface area contributed by atoms with Gasteiger partial charge in [0.05, 0.1) is 5.75 Å². The molecule has 4 rings (SSSR count). The predicted octanol–water partition coefficient (Wildman–Crippen LogP) is 4.96. The minimum atomic E-state index is -4.04. The molecule has 0 atom stereocenters. The Hall–Kier alpha value is -3.50. The van der Waals surface area contributed by atoms with Gasteiger partial charge in [0.2, 0.25) is 5.91 Å². The number of aromatic nitrogens is 1. The molecule has 208 valence electrons. The Labute approximate surface area is 228 Å². The van der Waals surface area contributed by atoms with Gasteiger partial charge in [0.1, 0.15) is 11.2 Å². The monoisotopic (exact) mass is 553 g/mol. The van der Waals surface area contributed by atoms with Gasteiger partial charge >= 0.3 is 0 Å². The van der Waals surface area contributed by atoms with Gasteiger partial charge in [-0.15, -0.1) is 0 Å². The fourth-order valence-corrected chi connectivity index (χ4v) is 5.30. The Morgan fingerprint density at radius 2 is 1.72 bits per heavy atom. The first kappa shape index (κ1) is 28.5. The van der Waals surface area contributed by atoms with Crippen LogP contribution in [0.4, 0.5) is 5.69 Å². The number of hydrogen-bond donors (Lipinski definition) is 1. The number of hydrogen-bond acceptors (Lipinski definition) is 7. The molecule has 1 N–H and O–H groups in total. The Morgan fingerprint density at radius 1 is 0.974 bits per heavy atom. The Morgan fingerprint density at radius 3 is 2.44 bits per heavy atom. The lowest BCUT2D eigenvalue weighted by Gasteiger charge is -2.25. The molecular weight excluding hydrogens is 518 g/mol. The van der Waals surface area contributed by atoms with E-state index in [1.807, 2.05) is 50.2 Å². The molecule has 1 heterocycles. The predicted molar refractivity (Wildman–Crippen MR) is 154 cm³/mol. The lowest BCUT2D eigenvalue weighted by atomic mass is 10.0. The van der Waals surface area contributed by atoms with E-state index < -0.39 is 10.1 Å². The zero-order valence-corrected chi connectivity index (χ0v) is 23.2. The molecule has 0 spiro atoms. The number of rotatable bonds is 13. The molecule has 0 fully saturated rings. The van der Waals surface area contributed by atoms with E-state index in [0.29, 0.717) is 60.4 Å². The average Bonchev–Trinajstić information content (AvgIpc) is 2.91. The molecular formula is C29H35N3O6S. The molecule has 0 aromatic heterocycles. The summed E-state index contributed by atoms with van der Waals surface area (Å²) < 4.78 is 37.2. The molecule has 2 aromatic rings. The van der Waals surface area contributed by atoms with Crippen molar-refractivity contribution in [3.05, 3.63) is 58.8 Å². The van der Waals surface area contributed by atoms with Gasteiger partial charge in [0, 0.05) is 61.2 Å². The van der Waals surface area contributed by atoms with Gasteiger partial charge < -0.3 is 14.2 Å². The molecule has 10 heteroatoms. The molecule has 2 aliphatic rings. The van der Waals surface area contributed by atoms with Crippen molar-refractivity contribution in [3.8, 4) is 11.5 Å². The summed E-state index contributed by atoms with van der Waals surface area (Å²) in [4.78, 5) is 34.1. The van der Waals surface area contributed by atoms with E-state index in [2.05, 4.69) is 4.90 Å². The van der Waals surface area contributed by atoms with Crippen LogP contribution in [0, 0.1) is 0 Å². The van der Waals surface area contributed by atoms with Gasteiger partial charge in [0.25, 0.3) is 10.1 Å². The van der Waals surface area contributed by atoms with Gasteiger partial charge in [-0.05, 0) is 38.3 Å². The maximum Gasteiger partial charge on any atom is 0.264 e. The van der Waals surface area contributed by atoms with E-state index in [0.717, 1.165) is 30.5 Å². The van der Waals surface area contributed by atoms with Crippen LogP contribution in [0.25, 0.3) is 33.3 Å². The van der Waals surface area contributed by atoms with Crippen LogP contribution in [0.5, 0.6) is 0 Å². The lowest BCUT2D eigenvalue weighted by Crippen LogP contribution is -2.34. The molecule has 0 bridgehead atoms. The molecule has 1 aliphatic heterocycles. The molecule has 1 aliphatic carbocycles. The van der Waals surface area contributed by atoms with Crippen LogP contribution in [-0.4, -0.2) is 60.7 Å². The molecule has 1 amide bonds. The summed E-state index contributed by atoms with van der Waals surface area (Å²) in [6.45, 7) is 6.34. The smallest absolute Gasteiger partial charge is 0.264 e. The van der Waals surface area contributed by atoms with Crippen molar-refractivity contribution in [2.75, 3.05) is 36.8 Å². The number of carbonyl (C=O) groups excluding carboxylic acids is 1. The second-order valence-electron chi connectivity index (χ2n) is 9.69. The average molecular weight is 554 g/mol. The highest BCUT2D eigenvalue weighted by atomic mass is 32.2. The van der Waals surface area contributed by atoms with Gasteiger partial charge in [-0.25, -0.2) is 4.98 Å². The van der Waals surface area contributed by atoms with Crippen molar-refractivity contribution in [2.45, 2.75) is 46.0 Å². The minimum Gasteiger partial charge on any atom is -0.453 e. The van der Waals surface area contributed by atoms with Crippen LogP contribution >= 0.6 is 0 Å². The number of amides is 1. The van der Waals surface area contributed by atoms with Crippen molar-refractivity contribution in [3.63, 3.8) is 0 Å². The van der Waals surface area contributed by atoms with Crippen LogP contribution in [0.2, 0.25) is 0 Å². The van der Waals surface area contributed by atoms with Crippen LogP contribution in [-0.2, 0) is 14.9 Å². The molecule has 0 unspecified atom stereocenters. The first-order chi connectivity index (χ1) is 18.7. The number of anilines is 1. The molecule has 0 saturated heterocycles. The van der Waals surface area contributed by atoms with Gasteiger partial charge in [0.15, 0.2) is 16.8 Å². The number of fused-ring (bicyclic) bond motifs is 4. The third-order valence-corrected chi connectivity index (χ3v) is 7.67. The Bertz CT molecular complexity index is 1580. The van der Waals surface area contributed by atoms with Gasteiger partial charge in [-0.2, -0.15) is 8.42 Å². The van der Waals surface area contributed by atoms with Gasteiger partial charge in [-0.3, -0.25) is 14.1 Å². The first-order valence-corrected chi connectivity index (χ1v) is 15.1. The summed E-state index contributed by atoms with van der Waals surface area (Å²) in [5.41, 5.74) is 2.75. The van der Waals surface area contributed by atoms with Crippen molar-refractivity contribution in [1.29, 1.82) is 0 Å². The number of nitrogens with zero attached hydrogens (tertiary/aromatic N) is 3. The quantitative estimate of drug-likeness (QED) is 0.140. The zero-order valence-electron chi connectivity index (χ0n) is 22.4. The van der Waals surface area contributed by atoms with Crippen molar-refractivity contribution in [1.82, 2.24) is 9.88 Å². The second kappa shape index (κ2) is 12.6. The number of carbonyl (C=O) groups is 1. The van der Waals surface area contributed by atoms with E-state index in [4.69, 9.17) is 14.0 Å². The first-order valence-electron chi connectivity index (χ1n) is 13.4. The Kier molecular flexibility index (Phi) is 9.19. The van der Waals surface area contributed by atoms with Crippen LogP contribution in [0.15, 0.2) is 57.7 Å². The number of unbranched alkanes of at least 4 members (excludes halogenated alkanes) is 1. The summed E-state index contributed by atoms with van der Waals surface area (Å²) >= 11 is 0. The van der Waals surface area contributed by atoms with Crippen LogP contribution in [0.1, 0.15) is 46.0 Å². The maximum atomic E-state index is 12.9. The molecule has 0 saturated carbocycles. The summed E-state index contributed by atoms with van der Waals surface area (Å²) in [5, 5.41) is 1.38. The minimum absolute atomic E-state index is 0.0142. The summed E-state index contributed by atoms with van der Waals surface area (Å²) in [6, 6.07) is 14.7. The van der Waals surface area contributed by atoms with E-state index in [1.54, 1.807) is 11.0 Å². The third kappa shape index (κ3) is 7.13. The standard InChI is InChI=1S/C29H35N3O6S/c1-3-5-15-32(17-9-18-39(35,36)37)28(34)12-8-16-31(4-2)21-13-14-24-26(19-21)38-27-20-25(33)22-10-6-7-11-23(22)29(27)30-24/h6-7,10-11,13-14,19-20H,3-5,8-9,12,15-18H2,1-2H3,(H,35,36,37). The highest BCUT2D eigenvalue weighted by molar-refractivity contribution is 7.85. The molecule has 2 aromatic carbocycles. The highest BCUT2D eigenvalue weighted by Gasteiger charge is 2.18. The van der Waals surface area contributed by atoms with Crippen molar-refractivity contribution in [2.24, 2.45) is 0 Å². The maximum absolute atomic E-state index is 12.9. The summed E-state index contributed by atoms with van der Waals surface area (Å²) in [7, 11) is -4.04. The van der Waals surface area contributed by atoms with Crippen LogP contribution < -0.4 is 10.3 Å². The Balaban J connectivity index is 1.46. The molecule has 9 nitrogen and oxygen atoms in total. The third-order valence-electron chi connectivity index (χ3n) is 6.87. The second-order valence-corrected chi connectivity index (χ2v) is 11.3. The highest BCUT2D eigenvalue weighted by Crippen LogP contribution is 2.31. The normalized spacial score (nSPS) is 11.9. The fourth-order valence-electron chi connectivity index (χ4n) is 4.81. The lowest BCUT2D eigenvalue weighted by molar-refractivity contribution is -0.131.